The summed E-state index contributed by atoms with van der Waals surface area (Å²) in [6.45, 7) is 1.56. The largest absolute Gasteiger partial charge is 0.480 e. The molecule has 168 valence electrons. The molecule has 1 aliphatic heterocycles. The van der Waals surface area contributed by atoms with Crippen LogP contribution in [0.4, 0.5) is 10.6 Å². The first-order valence-electron chi connectivity index (χ1n) is 10.5. The number of pyridine rings is 1. The molecule has 1 fully saturated rings. The van der Waals surface area contributed by atoms with Crippen LogP contribution in [0.5, 0.6) is 0 Å². The number of hydrogen-bond acceptors (Lipinski definition) is 5. The molecule has 2 heterocycles. The molecule has 0 saturated carbocycles. The highest BCUT2D eigenvalue weighted by atomic mass is 16.4. The minimum Gasteiger partial charge on any atom is -0.480 e. The van der Waals surface area contributed by atoms with Crippen molar-refractivity contribution in [1.82, 2.24) is 15.2 Å². The number of anilines is 1. The molecule has 8 heteroatoms. The Hall–Kier alpha value is -4.20. The molecule has 0 spiro atoms. The van der Waals surface area contributed by atoms with E-state index in [0.29, 0.717) is 5.56 Å². The molecule has 0 aliphatic carbocycles. The summed E-state index contributed by atoms with van der Waals surface area (Å²) in [5.74, 6) is -1.52. The van der Waals surface area contributed by atoms with Crippen LogP contribution in [0.3, 0.4) is 0 Å². The van der Waals surface area contributed by atoms with Gasteiger partial charge < -0.3 is 16.2 Å². The second-order valence-corrected chi connectivity index (χ2v) is 8.30. The molecule has 0 unspecified atom stereocenters. The molecule has 1 aliphatic rings. The number of likely N-dealkylation sites (tertiary alicyclic amines) is 1. The summed E-state index contributed by atoms with van der Waals surface area (Å²) in [5, 5.41) is 12.7. The Kier molecular flexibility index (Phi) is 5.83. The number of carbonyl (C=O) groups excluding carboxylic acids is 2. The van der Waals surface area contributed by atoms with Gasteiger partial charge in [0.15, 0.2) is 6.04 Å². The fourth-order valence-corrected chi connectivity index (χ4v) is 4.36. The van der Waals surface area contributed by atoms with Crippen LogP contribution < -0.4 is 11.1 Å². The zero-order chi connectivity index (χ0) is 23.6. The van der Waals surface area contributed by atoms with Crippen molar-refractivity contribution in [3.63, 3.8) is 0 Å². The van der Waals surface area contributed by atoms with Crippen molar-refractivity contribution in [2.45, 2.75) is 25.4 Å². The minimum atomic E-state index is -1.31. The van der Waals surface area contributed by atoms with Crippen LogP contribution in [0.25, 0.3) is 0 Å². The molecular formula is C25H24N4O4. The Morgan fingerprint density at radius 2 is 1.67 bits per heavy atom. The van der Waals surface area contributed by atoms with Gasteiger partial charge in [-0.05, 0) is 42.2 Å². The zero-order valence-corrected chi connectivity index (χ0v) is 18.0. The predicted octanol–water partition coefficient (Wildman–Crippen LogP) is 3.01. The van der Waals surface area contributed by atoms with Crippen LogP contribution >= 0.6 is 0 Å². The van der Waals surface area contributed by atoms with E-state index in [-0.39, 0.29) is 12.2 Å². The van der Waals surface area contributed by atoms with Crippen molar-refractivity contribution in [3.05, 3.63) is 95.7 Å². The normalized spacial score (nSPS) is 19.8. The first kappa shape index (κ1) is 22.0. The van der Waals surface area contributed by atoms with E-state index < -0.39 is 35.4 Å². The summed E-state index contributed by atoms with van der Waals surface area (Å²) in [7, 11) is 0. The number of nitrogens with zero attached hydrogens (tertiary/aromatic N) is 2. The van der Waals surface area contributed by atoms with E-state index >= 15 is 0 Å². The number of aliphatic carboxylic acids is 1. The first-order valence-corrected chi connectivity index (χ1v) is 10.5. The average Bonchev–Trinajstić information content (AvgIpc) is 2.81. The molecule has 3 amide bonds. The van der Waals surface area contributed by atoms with Crippen LogP contribution in [-0.4, -0.2) is 38.9 Å². The number of benzene rings is 2. The second kappa shape index (κ2) is 8.74. The Labute approximate surface area is 191 Å². The Bertz CT molecular complexity index is 1150. The summed E-state index contributed by atoms with van der Waals surface area (Å²) < 4.78 is 0. The highest BCUT2D eigenvalue weighted by Gasteiger charge is 2.63. The Morgan fingerprint density at radius 3 is 2.18 bits per heavy atom. The van der Waals surface area contributed by atoms with Gasteiger partial charge in [-0.3, -0.25) is 4.79 Å². The van der Waals surface area contributed by atoms with E-state index in [1.165, 1.54) is 6.20 Å². The highest BCUT2D eigenvalue weighted by molar-refractivity contribution is 6.10. The number of nitrogen functional groups attached to an aromatic ring is 1. The van der Waals surface area contributed by atoms with Crippen molar-refractivity contribution in [3.8, 4) is 0 Å². The van der Waals surface area contributed by atoms with Crippen molar-refractivity contribution in [2.75, 3.05) is 5.73 Å². The van der Waals surface area contributed by atoms with Crippen LogP contribution in [-0.2, 0) is 16.0 Å². The van der Waals surface area contributed by atoms with Crippen molar-refractivity contribution in [2.24, 2.45) is 5.41 Å². The van der Waals surface area contributed by atoms with Crippen molar-refractivity contribution < 1.29 is 19.5 Å². The molecule has 3 aromatic rings. The fraction of sp³-hybridized carbons (Fsp3) is 0.200. The third kappa shape index (κ3) is 4.15. The third-order valence-electron chi connectivity index (χ3n) is 5.97. The van der Waals surface area contributed by atoms with Gasteiger partial charge in [-0.15, -0.1) is 0 Å². The number of aromatic nitrogens is 1. The number of carboxylic acids is 1. The minimum absolute atomic E-state index is 0.125. The number of nitrogens with one attached hydrogen (secondary N) is 1. The standard InChI is InChI=1S/C25H24N4O4/c1-25(15-16-12-13-27-19(26)14-16)21(22(30)31)29(23(25)32)24(33)28-20(17-8-4-2-5-9-17)18-10-6-3-7-11-18/h2-14,20-21H,15H2,1H3,(H2,26,27)(H,28,33)(H,30,31)/t21-,25-/m1/s1. The number of β-lactam (4-membered cyclic amide) rings is 1. The number of carboxylic acid groups (broad SMARTS) is 1. The lowest BCUT2D eigenvalue weighted by atomic mass is 9.68. The number of urea groups is 1. The van der Waals surface area contributed by atoms with E-state index in [1.54, 1.807) is 19.1 Å². The molecular weight excluding hydrogens is 420 g/mol. The lowest BCUT2D eigenvalue weighted by Gasteiger charge is -2.51. The summed E-state index contributed by atoms with van der Waals surface area (Å²) in [6, 6.07) is 19.3. The van der Waals surface area contributed by atoms with Gasteiger partial charge in [0.25, 0.3) is 0 Å². The fourth-order valence-electron chi connectivity index (χ4n) is 4.36. The van der Waals surface area contributed by atoms with Crippen molar-refractivity contribution >= 4 is 23.7 Å². The molecule has 4 rings (SSSR count). The molecule has 4 N–H and O–H groups in total. The van der Waals surface area contributed by atoms with E-state index in [9.17, 15) is 19.5 Å². The summed E-state index contributed by atoms with van der Waals surface area (Å²) in [6.07, 6.45) is 1.63. The molecule has 0 bridgehead atoms. The van der Waals surface area contributed by atoms with Gasteiger partial charge in [-0.25, -0.2) is 19.5 Å². The number of hydrogen-bond donors (Lipinski definition) is 3. The van der Waals surface area contributed by atoms with Gasteiger partial charge in [-0.2, -0.15) is 0 Å². The summed E-state index contributed by atoms with van der Waals surface area (Å²) in [4.78, 5) is 43.2. The molecule has 2 aromatic carbocycles. The number of carbonyl (C=O) groups is 3. The average molecular weight is 444 g/mol. The quantitative estimate of drug-likeness (QED) is 0.502. The molecule has 1 saturated heterocycles. The highest BCUT2D eigenvalue weighted by Crippen LogP contribution is 2.42. The van der Waals surface area contributed by atoms with Gasteiger partial charge in [0.1, 0.15) is 5.82 Å². The smallest absolute Gasteiger partial charge is 0.328 e. The van der Waals surface area contributed by atoms with Crippen LogP contribution in [0.1, 0.15) is 29.7 Å². The number of nitrogens with two attached hydrogens (primary N) is 1. The second-order valence-electron chi connectivity index (χ2n) is 8.30. The van der Waals surface area contributed by atoms with Gasteiger partial charge in [0.05, 0.1) is 11.5 Å². The van der Waals surface area contributed by atoms with Gasteiger partial charge in [0, 0.05) is 6.20 Å². The van der Waals surface area contributed by atoms with Crippen molar-refractivity contribution in [1.29, 1.82) is 0 Å². The summed E-state index contributed by atoms with van der Waals surface area (Å²) >= 11 is 0. The van der Waals surface area contributed by atoms with E-state index in [1.807, 2.05) is 60.7 Å². The molecule has 8 nitrogen and oxygen atoms in total. The Morgan fingerprint density at radius 1 is 1.09 bits per heavy atom. The Balaban J connectivity index is 1.60. The van der Waals surface area contributed by atoms with Gasteiger partial charge >= 0.3 is 12.0 Å². The van der Waals surface area contributed by atoms with Gasteiger partial charge in [-0.1, -0.05) is 60.7 Å². The number of imide groups is 1. The monoisotopic (exact) mass is 444 g/mol. The topological polar surface area (TPSA) is 126 Å². The van der Waals surface area contributed by atoms with Crippen LogP contribution in [0.15, 0.2) is 79.0 Å². The summed E-state index contributed by atoms with van der Waals surface area (Å²) in [5.41, 5.74) is 6.74. The maximum absolute atomic E-state index is 13.2. The van der Waals surface area contributed by atoms with Crippen LogP contribution in [0.2, 0.25) is 0 Å². The maximum Gasteiger partial charge on any atom is 0.328 e. The third-order valence-corrected chi connectivity index (χ3v) is 5.97. The lowest BCUT2D eigenvalue weighted by molar-refractivity contribution is -0.176. The lowest BCUT2D eigenvalue weighted by Crippen LogP contribution is -2.74. The maximum atomic E-state index is 13.2. The van der Waals surface area contributed by atoms with E-state index in [4.69, 9.17) is 5.73 Å². The first-order chi connectivity index (χ1) is 15.8. The zero-order valence-electron chi connectivity index (χ0n) is 18.0. The van der Waals surface area contributed by atoms with Gasteiger partial charge in [0.2, 0.25) is 5.91 Å². The molecule has 33 heavy (non-hydrogen) atoms. The molecule has 2 atom stereocenters. The van der Waals surface area contributed by atoms with E-state index in [2.05, 4.69) is 10.3 Å². The SMILES string of the molecule is C[C@]1(Cc2ccnc(N)c2)C(=O)N(C(=O)NC(c2ccccc2)c2ccccc2)[C@@H]1C(=O)O. The predicted molar refractivity (Wildman–Crippen MR) is 122 cm³/mol. The number of rotatable bonds is 6. The molecule has 0 radical (unpaired) electrons. The number of amides is 3. The van der Waals surface area contributed by atoms with Crippen LogP contribution in [0, 0.1) is 5.41 Å². The van der Waals surface area contributed by atoms with E-state index in [0.717, 1.165) is 16.0 Å². The molecule has 1 aromatic heterocycles.